The van der Waals surface area contributed by atoms with Gasteiger partial charge in [-0.05, 0) is 0 Å². The predicted octanol–water partition coefficient (Wildman–Crippen LogP) is 0.112. The van der Waals surface area contributed by atoms with Crippen molar-refractivity contribution in [3.05, 3.63) is 5.56 Å². The number of hydrogen-bond donors (Lipinski definition) is 3. The van der Waals surface area contributed by atoms with Crippen molar-refractivity contribution < 1.29 is 14.3 Å². The van der Waals surface area contributed by atoms with Crippen molar-refractivity contribution in [3.63, 3.8) is 0 Å². The molecule has 0 spiro atoms. The normalized spacial score (nSPS) is 10.2. The van der Waals surface area contributed by atoms with Crippen LogP contribution in [-0.2, 0) is 4.79 Å². The highest BCUT2D eigenvalue weighted by Gasteiger charge is 2.21. The minimum atomic E-state index is -0.718. The molecule has 0 atom stereocenters. The van der Waals surface area contributed by atoms with E-state index in [1.807, 2.05) is 0 Å². The maximum Gasteiger partial charge on any atom is 0.258 e. The van der Waals surface area contributed by atoms with Crippen molar-refractivity contribution in [2.45, 2.75) is 13.8 Å². The minimum absolute atomic E-state index is 0.0384. The summed E-state index contributed by atoms with van der Waals surface area (Å²) in [5, 5.41) is 8.69. The fourth-order valence-corrected chi connectivity index (χ4v) is 1.05. The largest absolute Gasteiger partial charge is 0.481 e. The number of carbonyl (C=O) groups is 2. The summed E-state index contributed by atoms with van der Waals surface area (Å²) in [5.74, 6) is -0.973. The van der Waals surface area contributed by atoms with E-state index in [9.17, 15) is 9.59 Å². The molecule has 7 heteroatoms. The summed E-state index contributed by atoms with van der Waals surface area (Å²) in [6, 6.07) is 0. The van der Waals surface area contributed by atoms with Crippen LogP contribution in [0.15, 0.2) is 0 Å². The molecule has 0 radical (unpaired) electrons. The summed E-state index contributed by atoms with van der Waals surface area (Å²) in [7, 11) is 1.37. The standard InChI is InChI=1S/C9H14N4O3/c1-4(2)8(15)11-7-5(6(10)14)9(16-3)13-12-7/h4H,1-3H3,(H2,10,14)(H2,11,12,13,15). The first-order valence-electron chi connectivity index (χ1n) is 4.70. The van der Waals surface area contributed by atoms with Gasteiger partial charge in [0.15, 0.2) is 5.82 Å². The van der Waals surface area contributed by atoms with E-state index in [2.05, 4.69) is 15.5 Å². The molecule has 4 N–H and O–H groups in total. The van der Waals surface area contributed by atoms with Crippen LogP contribution in [0.25, 0.3) is 0 Å². The first-order valence-corrected chi connectivity index (χ1v) is 4.70. The third-order valence-electron chi connectivity index (χ3n) is 1.95. The van der Waals surface area contributed by atoms with Crippen LogP contribution < -0.4 is 15.8 Å². The molecule has 1 aromatic rings. The molecule has 7 nitrogen and oxygen atoms in total. The Bertz CT molecular complexity index is 411. The van der Waals surface area contributed by atoms with E-state index in [-0.39, 0.29) is 29.1 Å². The highest BCUT2D eigenvalue weighted by Crippen LogP contribution is 2.22. The molecule has 1 rings (SSSR count). The first kappa shape index (κ1) is 12.0. The number of nitrogens with one attached hydrogen (secondary N) is 2. The average Bonchev–Trinajstić information content (AvgIpc) is 2.60. The molecule has 0 saturated carbocycles. The molecule has 0 unspecified atom stereocenters. The van der Waals surface area contributed by atoms with Gasteiger partial charge in [-0.1, -0.05) is 13.8 Å². The van der Waals surface area contributed by atoms with Crippen LogP contribution >= 0.6 is 0 Å². The summed E-state index contributed by atoms with van der Waals surface area (Å²) in [6.07, 6.45) is 0. The summed E-state index contributed by atoms with van der Waals surface area (Å²) in [4.78, 5) is 22.6. The Morgan fingerprint density at radius 1 is 1.50 bits per heavy atom. The molecule has 0 bridgehead atoms. The van der Waals surface area contributed by atoms with E-state index >= 15 is 0 Å². The topological polar surface area (TPSA) is 110 Å². The molecule has 0 aliphatic heterocycles. The third kappa shape index (κ3) is 2.30. The van der Waals surface area contributed by atoms with Crippen molar-refractivity contribution in [1.82, 2.24) is 10.2 Å². The number of H-pyrrole nitrogens is 1. The van der Waals surface area contributed by atoms with Gasteiger partial charge >= 0.3 is 0 Å². The molecule has 0 aliphatic rings. The zero-order chi connectivity index (χ0) is 12.3. The van der Waals surface area contributed by atoms with Gasteiger partial charge in [0.25, 0.3) is 5.91 Å². The van der Waals surface area contributed by atoms with Gasteiger partial charge in [0.05, 0.1) is 7.11 Å². The Hall–Kier alpha value is -2.05. The Balaban J connectivity index is 3.01. The Kier molecular flexibility index (Phi) is 3.49. The summed E-state index contributed by atoms with van der Waals surface area (Å²) < 4.78 is 4.86. The second kappa shape index (κ2) is 4.65. The van der Waals surface area contributed by atoms with Crippen LogP contribution in [0.4, 0.5) is 5.82 Å². The third-order valence-corrected chi connectivity index (χ3v) is 1.95. The molecule has 0 aliphatic carbocycles. The number of ether oxygens (including phenoxy) is 1. The van der Waals surface area contributed by atoms with Gasteiger partial charge in [0.1, 0.15) is 5.56 Å². The number of methoxy groups -OCH3 is 1. The van der Waals surface area contributed by atoms with Gasteiger partial charge in [-0.25, -0.2) is 5.10 Å². The second-order valence-corrected chi connectivity index (χ2v) is 3.49. The van der Waals surface area contributed by atoms with Crippen molar-refractivity contribution in [2.75, 3.05) is 12.4 Å². The average molecular weight is 226 g/mol. The summed E-state index contributed by atoms with van der Waals surface area (Å²) >= 11 is 0. The molecule has 0 aromatic carbocycles. The molecular formula is C9H14N4O3. The fourth-order valence-electron chi connectivity index (χ4n) is 1.05. The number of amides is 2. The number of nitrogens with zero attached hydrogens (tertiary/aromatic N) is 1. The Morgan fingerprint density at radius 3 is 2.56 bits per heavy atom. The van der Waals surface area contributed by atoms with Gasteiger partial charge in [0.2, 0.25) is 11.8 Å². The number of carbonyl (C=O) groups excluding carboxylic acids is 2. The van der Waals surface area contributed by atoms with Gasteiger partial charge in [-0.2, -0.15) is 5.10 Å². The molecule has 0 fully saturated rings. The second-order valence-electron chi connectivity index (χ2n) is 3.49. The highest BCUT2D eigenvalue weighted by atomic mass is 16.5. The molecular weight excluding hydrogens is 212 g/mol. The highest BCUT2D eigenvalue weighted by molar-refractivity contribution is 6.04. The number of hydrogen-bond acceptors (Lipinski definition) is 4. The zero-order valence-electron chi connectivity index (χ0n) is 9.33. The minimum Gasteiger partial charge on any atom is -0.481 e. The number of rotatable bonds is 4. The SMILES string of the molecule is COc1[nH]nc(NC(=O)C(C)C)c1C(N)=O. The number of anilines is 1. The van der Waals surface area contributed by atoms with Gasteiger partial charge in [-0.3, -0.25) is 9.59 Å². The van der Waals surface area contributed by atoms with E-state index in [4.69, 9.17) is 10.5 Å². The van der Waals surface area contributed by atoms with Crippen molar-refractivity contribution in [3.8, 4) is 5.88 Å². The van der Waals surface area contributed by atoms with Gasteiger partial charge in [-0.15, -0.1) is 0 Å². The molecule has 16 heavy (non-hydrogen) atoms. The van der Waals surface area contributed by atoms with Crippen LogP contribution in [0.3, 0.4) is 0 Å². The lowest BCUT2D eigenvalue weighted by Gasteiger charge is -2.05. The zero-order valence-corrected chi connectivity index (χ0v) is 9.33. The number of aromatic amines is 1. The van der Waals surface area contributed by atoms with Crippen LogP contribution in [0, 0.1) is 5.92 Å². The van der Waals surface area contributed by atoms with E-state index in [0.29, 0.717) is 0 Å². The molecule has 1 heterocycles. The van der Waals surface area contributed by atoms with Crippen LogP contribution in [0.1, 0.15) is 24.2 Å². The Labute approximate surface area is 92.3 Å². The smallest absolute Gasteiger partial charge is 0.258 e. The van der Waals surface area contributed by atoms with E-state index < -0.39 is 5.91 Å². The summed E-state index contributed by atoms with van der Waals surface area (Å²) in [6.45, 7) is 3.45. The molecule has 88 valence electrons. The van der Waals surface area contributed by atoms with Crippen LogP contribution in [0.5, 0.6) is 5.88 Å². The quantitative estimate of drug-likeness (QED) is 0.676. The van der Waals surface area contributed by atoms with Crippen LogP contribution in [-0.4, -0.2) is 29.1 Å². The van der Waals surface area contributed by atoms with Crippen LogP contribution in [0.2, 0.25) is 0 Å². The maximum absolute atomic E-state index is 11.4. The van der Waals surface area contributed by atoms with E-state index in [1.54, 1.807) is 13.8 Å². The van der Waals surface area contributed by atoms with E-state index in [0.717, 1.165) is 0 Å². The molecule has 1 aromatic heterocycles. The first-order chi connectivity index (χ1) is 7.47. The van der Waals surface area contributed by atoms with Crippen molar-refractivity contribution >= 4 is 17.6 Å². The fraction of sp³-hybridized carbons (Fsp3) is 0.444. The predicted molar refractivity (Wildman–Crippen MR) is 57.1 cm³/mol. The monoisotopic (exact) mass is 226 g/mol. The van der Waals surface area contributed by atoms with Gasteiger partial charge < -0.3 is 15.8 Å². The number of nitrogens with two attached hydrogens (primary N) is 1. The number of primary amides is 1. The van der Waals surface area contributed by atoms with Gasteiger partial charge in [0, 0.05) is 5.92 Å². The molecule has 2 amide bonds. The lowest BCUT2D eigenvalue weighted by Crippen LogP contribution is -2.21. The lowest BCUT2D eigenvalue weighted by molar-refractivity contribution is -0.118. The maximum atomic E-state index is 11.4. The van der Waals surface area contributed by atoms with Crippen molar-refractivity contribution in [2.24, 2.45) is 11.7 Å². The Morgan fingerprint density at radius 2 is 2.12 bits per heavy atom. The number of aromatic nitrogens is 2. The summed E-state index contributed by atoms with van der Waals surface area (Å²) in [5.41, 5.74) is 5.20. The lowest BCUT2D eigenvalue weighted by atomic mass is 10.2. The van der Waals surface area contributed by atoms with E-state index in [1.165, 1.54) is 7.11 Å². The molecule has 0 saturated heterocycles. The van der Waals surface area contributed by atoms with Crippen molar-refractivity contribution in [1.29, 1.82) is 0 Å².